The van der Waals surface area contributed by atoms with E-state index in [-0.39, 0.29) is 10.7 Å². The first kappa shape index (κ1) is 13.9. The molecule has 3 heteroatoms. The van der Waals surface area contributed by atoms with E-state index in [1.165, 1.54) is 0 Å². The molecule has 0 bridgehead atoms. The van der Waals surface area contributed by atoms with Crippen molar-refractivity contribution in [1.82, 2.24) is 4.90 Å². The molecule has 0 N–H and O–H groups in total. The van der Waals surface area contributed by atoms with Crippen molar-refractivity contribution in [2.45, 2.75) is 45.4 Å². The number of amides is 1. The third kappa shape index (κ3) is 4.45. The highest BCUT2D eigenvalue weighted by atomic mass is 79.9. The number of carbonyl (C=O) groups is 1. The largest absolute Gasteiger partial charge is 0.342 e. The standard InChI is InChI=1S/C11H22BrNO/c1-5-9(4)8-13(7-3)11(14)10(12)6-2/h9-10H,5-8H2,1-4H3. The second kappa shape index (κ2) is 7.27. The maximum absolute atomic E-state index is 11.8. The SMILES string of the molecule is CCC(C)CN(CC)C(=O)C(Br)CC. The van der Waals surface area contributed by atoms with Crippen molar-refractivity contribution < 1.29 is 4.79 Å². The molecular weight excluding hydrogens is 242 g/mol. The first-order valence-electron chi connectivity index (χ1n) is 5.49. The zero-order valence-corrected chi connectivity index (χ0v) is 11.3. The number of nitrogens with zero attached hydrogens (tertiary/aromatic N) is 1. The van der Waals surface area contributed by atoms with Crippen molar-refractivity contribution in [1.29, 1.82) is 0 Å². The fourth-order valence-corrected chi connectivity index (χ4v) is 1.54. The van der Waals surface area contributed by atoms with Gasteiger partial charge in [0.05, 0.1) is 4.83 Å². The lowest BCUT2D eigenvalue weighted by Gasteiger charge is -2.25. The third-order valence-corrected chi connectivity index (χ3v) is 3.59. The Kier molecular flexibility index (Phi) is 7.24. The molecule has 0 aromatic rings. The van der Waals surface area contributed by atoms with Crippen LogP contribution in [-0.4, -0.2) is 28.7 Å². The molecule has 2 nitrogen and oxygen atoms in total. The molecule has 0 aromatic carbocycles. The van der Waals surface area contributed by atoms with Crippen molar-refractivity contribution in [3.63, 3.8) is 0 Å². The van der Waals surface area contributed by atoms with Crippen LogP contribution in [0.25, 0.3) is 0 Å². The van der Waals surface area contributed by atoms with Gasteiger partial charge < -0.3 is 4.90 Å². The number of hydrogen-bond acceptors (Lipinski definition) is 1. The smallest absolute Gasteiger partial charge is 0.236 e. The summed E-state index contributed by atoms with van der Waals surface area (Å²) >= 11 is 3.40. The van der Waals surface area contributed by atoms with Gasteiger partial charge in [-0.3, -0.25) is 4.79 Å². The fourth-order valence-electron chi connectivity index (χ4n) is 1.25. The van der Waals surface area contributed by atoms with Crippen LogP contribution in [0, 0.1) is 5.92 Å². The summed E-state index contributed by atoms with van der Waals surface area (Å²) in [5.41, 5.74) is 0. The average molecular weight is 264 g/mol. The van der Waals surface area contributed by atoms with Crippen LogP contribution < -0.4 is 0 Å². The molecule has 0 radical (unpaired) electrons. The number of halogens is 1. The van der Waals surface area contributed by atoms with Gasteiger partial charge in [-0.2, -0.15) is 0 Å². The van der Waals surface area contributed by atoms with Crippen LogP contribution in [0.5, 0.6) is 0 Å². The maximum atomic E-state index is 11.8. The summed E-state index contributed by atoms with van der Waals surface area (Å²) in [4.78, 5) is 13.8. The van der Waals surface area contributed by atoms with Gasteiger partial charge in [0.25, 0.3) is 0 Å². The van der Waals surface area contributed by atoms with Crippen LogP contribution >= 0.6 is 15.9 Å². The summed E-state index contributed by atoms with van der Waals surface area (Å²) in [6.07, 6.45) is 1.98. The van der Waals surface area contributed by atoms with E-state index in [9.17, 15) is 4.79 Å². The van der Waals surface area contributed by atoms with Gasteiger partial charge in [0.1, 0.15) is 0 Å². The van der Waals surface area contributed by atoms with E-state index in [1.807, 2.05) is 18.7 Å². The minimum absolute atomic E-state index is 0.00786. The molecule has 0 aliphatic heterocycles. The highest BCUT2D eigenvalue weighted by Gasteiger charge is 2.19. The predicted molar refractivity (Wildman–Crippen MR) is 64.7 cm³/mol. The Bertz CT molecular complexity index is 173. The molecule has 0 saturated heterocycles. The Morgan fingerprint density at radius 2 is 1.86 bits per heavy atom. The van der Waals surface area contributed by atoms with Crippen LogP contribution in [-0.2, 0) is 4.79 Å². The molecular formula is C11H22BrNO. The van der Waals surface area contributed by atoms with Crippen LogP contribution in [0.2, 0.25) is 0 Å². The third-order valence-electron chi connectivity index (χ3n) is 2.55. The molecule has 2 atom stereocenters. The maximum Gasteiger partial charge on any atom is 0.236 e. The van der Waals surface area contributed by atoms with E-state index in [0.29, 0.717) is 5.92 Å². The second-order valence-corrected chi connectivity index (χ2v) is 4.87. The summed E-state index contributed by atoms with van der Waals surface area (Å²) in [6, 6.07) is 0. The summed E-state index contributed by atoms with van der Waals surface area (Å²) < 4.78 is 0. The molecule has 0 aliphatic carbocycles. The molecule has 84 valence electrons. The quantitative estimate of drug-likeness (QED) is 0.675. The fraction of sp³-hybridized carbons (Fsp3) is 0.909. The van der Waals surface area contributed by atoms with Gasteiger partial charge in [-0.05, 0) is 19.3 Å². The molecule has 0 heterocycles. The van der Waals surface area contributed by atoms with Crippen LogP contribution in [0.15, 0.2) is 0 Å². The highest BCUT2D eigenvalue weighted by molar-refractivity contribution is 9.10. The molecule has 0 rings (SSSR count). The Morgan fingerprint density at radius 1 is 1.29 bits per heavy atom. The second-order valence-electron chi connectivity index (χ2n) is 3.77. The molecule has 0 spiro atoms. The Morgan fingerprint density at radius 3 is 2.21 bits per heavy atom. The van der Waals surface area contributed by atoms with E-state index in [0.717, 1.165) is 25.9 Å². The van der Waals surface area contributed by atoms with E-state index >= 15 is 0 Å². The van der Waals surface area contributed by atoms with Crippen molar-refractivity contribution >= 4 is 21.8 Å². The number of rotatable bonds is 6. The number of hydrogen-bond donors (Lipinski definition) is 0. The average Bonchev–Trinajstić information content (AvgIpc) is 2.23. The summed E-state index contributed by atoms with van der Waals surface area (Å²) in [7, 11) is 0. The van der Waals surface area contributed by atoms with Gasteiger partial charge in [-0.1, -0.05) is 43.1 Å². The Labute approximate surface area is 96.2 Å². The molecule has 1 amide bonds. The molecule has 0 fully saturated rings. The van der Waals surface area contributed by atoms with Gasteiger partial charge in [0.15, 0.2) is 0 Å². The van der Waals surface area contributed by atoms with Crippen molar-refractivity contribution in [3.8, 4) is 0 Å². The van der Waals surface area contributed by atoms with Crippen LogP contribution in [0.4, 0.5) is 0 Å². The molecule has 14 heavy (non-hydrogen) atoms. The molecule has 0 aliphatic rings. The lowest BCUT2D eigenvalue weighted by atomic mass is 10.1. The van der Waals surface area contributed by atoms with Gasteiger partial charge in [0, 0.05) is 13.1 Å². The Hall–Kier alpha value is -0.0500. The van der Waals surface area contributed by atoms with E-state index in [1.54, 1.807) is 0 Å². The first-order chi connectivity index (χ1) is 6.56. The normalized spacial score (nSPS) is 14.9. The minimum atomic E-state index is -0.00786. The Balaban J connectivity index is 4.18. The highest BCUT2D eigenvalue weighted by Crippen LogP contribution is 2.12. The van der Waals surface area contributed by atoms with E-state index in [4.69, 9.17) is 0 Å². The van der Waals surface area contributed by atoms with Gasteiger partial charge in [-0.15, -0.1) is 0 Å². The monoisotopic (exact) mass is 263 g/mol. The lowest BCUT2D eigenvalue weighted by Crippen LogP contribution is -2.39. The van der Waals surface area contributed by atoms with Crippen LogP contribution in [0.3, 0.4) is 0 Å². The minimum Gasteiger partial charge on any atom is -0.342 e. The number of alkyl halides is 1. The van der Waals surface area contributed by atoms with Gasteiger partial charge in [0.2, 0.25) is 5.91 Å². The van der Waals surface area contributed by atoms with Gasteiger partial charge in [-0.25, -0.2) is 0 Å². The summed E-state index contributed by atoms with van der Waals surface area (Å²) in [5, 5.41) is 0. The lowest BCUT2D eigenvalue weighted by molar-refractivity contribution is -0.130. The molecule has 0 saturated carbocycles. The number of carbonyl (C=O) groups excluding carboxylic acids is 1. The van der Waals surface area contributed by atoms with E-state index in [2.05, 4.69) is 29.8 Å². The molecule has 2 unspecified atom stereocenters. The summed E-state index contributed by atoms with van der Waals surface area (Å²) in [5.74, 6) is 0.825. The van der Waals surface area contributed by atoms with E-state index < -0.39 is 0 Å². The van der Waals surface area contributed by atoms with Crippen LogP contribution in [0.1, 0.15) is 40.5 Å². The molecule has 0 aromatic heterocycles. The van der Waals surface area contributed by atoms with Crippen molar-refractivity contribution in [2.24, 2.45) is 5.92 Å². The zero-order chi connectivity index (χ0) is 11.1. The van der Waals surface area contributed by atoms with Crippen molar-refractivity contribution in [3.05, 3.63) is 0 Å². The van der Waals surface area contributed by atoms with Crippen molar-refractivity contribution in [2.75, 3.05) is 13.1 Å². The predicted octanol–water partition coefficient (Wildman–Crippen LogP) is 3.05. The first-order valence-corrected chi connectivity index (χ1v) is 6.41. The topological polar surface area (TPSA) is 20.3 Å². The zero-order valence-electron chi connectivity index (χ0n) is 9.72. The van der Waals surface area contributed by atoms with Gasteiger partial charge >= 0.3 is 0 Å². The summed E-state index contributed by atoms with van der Waals surface area (Å²) in [6.45, 7) is 10.1.